The Labute approximate surface area is 133 Å². The molecule has 1 heterocycles. The first kappa shape index (κ1) is 15.1. The highest BCUT2D eigenvalue weighted by Gasteiger charge is 2.18. The van der Waals surface area contributed by atoms with Crippen LogP contribution < -0.4 is 5.32 Å². The third-order valence-electron chi connectivity index (χ3n) is 3.82. The summed E-state index contributed by atoms with van der Waals surface area (Å²) < 4.78 is 10.2. The lowest BCUT2D eigenvalue weighted by atomic mass is 10.0. The molecule has 0 fully saturated rings. The van der Waals surface area contributed by atoms with Gasteiger partial charge in [-0.15, -0.1) is 0 Å². The minimum atomic E-state index is -0.678. The van der Waals surface area contributed by atoms with Crippen LogP contribution in [0.15, 0.2) is 47.1 Å². The van der Waals surface area contributed by atoms with Gasteiger partial charge in [0.15, 0.2) is 0 Å². The van der Waals surface area contributed by atoms with Gasteiger partial charge in [-0.25, -0.2) is 4.79 Å². The van der Waals surface area contributed by atoms with Gasteiger partial charge in [0.05, 0.1) is 19.8 Å². The van der Waals surface area contributed by atoms with Gasteiger partial charge < -0.3 is 14.5 Å². The SMILES string of the molecule is COC(=O)[C@@H](C)NC(=O)Cc1coc2ccc3ccccc3c12. The Hall–Kier alpha value is -2.82. The van der Waals surface area contributed by atoms with Crippen LogP contribution in [0.1, 0.15) is 12.5 Å². The molecule has 0 aliphatic carbocycles. The highest BCUT2D eigenvalue weighted by atomic mass is 16.5. The predicted octanol–water partition coefficient (Wildman–Crippen LogP) is 2.81. The Bertz CT molecular complexity index is 881. The molecule has 0 saturated heterocycles. The van der Waals surface area contributed by atoms with E-state index < -0.39 is 12.0 Å². The Balaban J connectivity index is 1.90. The van der Waals surface area contributed by atoms with Gasteiger partial charge in [0.25, 0.3) is 0 Å². The number of esters is 1. The Morgan fingerprint density at radius 2 is 2.00 bits per heavy atom. The van der Waals surface area contributed by atoms with E-state index in [2.05, 4.69) is 10.1 Å². The standard InChI is InChI=1S/C18H17NO4/c1-11(18(21)22-2)19-16(20)9-13-10-23-15-8-7-12-5-3-4-6-14(12)17(13)15/h3-8,10-11H,9H2,1-2H3,(H,19,20)/t11-/m1/s1. The van der Waals surface area contributed by atoms with E-state index in [1.807, 2.05) is 36.4 Å². The molecule has 1 atom stereocenters. The highest BCUT2D eigenvalue weighted by molar-refractivity contribution is 6.08. The second kappa shape index (κ2) is 6.12. The van der Waals surface area contributed by atoms with Gasteiger partial charge in [-0.05, 0) is 23.8 Å². The number of rotatable bonds is 4. The van der Waals surface area contributed by atoms with Crippen molar-refractivity contribution < 1.29 is 18.7 Å². The van der Waals surface area contributed by atoms with E-state index in [1.54, 1.807) is 13.2 Å². The largest absolute Gasteiger partial charge is 0.467 e. The monoisotopic (exact) mass is 311 g/mol. The fraction of sp³-hybridized carbons (Fsp3) is 0.222. The number of furan rings is 1. The molecule has 3 rings (SSSR count). The normalized spacial score (nSPS) is 12.3. The van der Waals surface area contributed by atoms with Crippen LogP contribution >= 0.6 is 0 Å². The summed E-state index contributed by atoms with van der Waals surface area (Å²) >= 11 is 0. The predicted molar refractivity (Wildman–Crippen MR) is 87.0 cm³/mol. The quantitative estimate of drug-likeness (QED) is 0.752. The molecule has 0 spiro atoms. The van der Waals surface area contributed by atoms with Gasteiger partial charge in [-0.3, -0.25) is 4.79 Å². The molecular formula is C18H17NO4. The molecule has 0 aliphatic rings. The van der Waals surface area contributed by atoms with Crippen LogP contribution in [-0.2, 0) is 20.7 Å². The second-order valence-corrected chi connectivity index (χ2v) is 5.41. The van der Waals surface area contributed by atoms with Gasteiger partial charge >= 0.3 is 5.97 Å². The van der Waals surface area contributed by atoms with Crippen molar-refractivity contribution in [3.63, 3.8) is 0 Å². The summed E-state index contributed by atoms with van der Waals surface area (Å²) in [5, 5.41) is 5.69. The molecule has 0 bridgehead atoms. The summed E-state index contributed by atoms with van der Waals surface area (Å²) in [6.45, 7) is 1.59. The van der Waals surface area contributed by atoms with Gasteiger partial charge in [0.2, 0.25) is 5.91 Å². The molecule has 118 valence electrons. The summed E-state index contributed by atoms with van der Waals surface area (Å²) in [6, 6.07) is 11.2. The van der Waals surface area contributed by atoms with Gasteiger partial charge in [-0.2, -0.15) is 0 Å². The van der Waals surface area contributed by atoms with Gasteiger partial charge in [0.1, 0.15) is 11.6 Å². The first-order chi connectivity index (χ1) is 11.1. The lowest BCUT2D eigenvalue weighted by Crippen LogP contribution is -2.39. The summed E-state index contributed by atoms with van der Waals surface area (Å²) in [7, 11) is 1.29. The fourth-order valence-electron chi connectivity index (χ4n) is 2.71. The molecule has 1 N–H and O–H groups in total. The van der Waals surface area contributed by atoms with E-state index in [0.717, 1.165) is 27.3 Å². The maximum Gasteiger partial charge on any atom is 0.328 e. The van der Waals surface area contributed by atoms with Crippen LogP contribution in [0, 0.1) is 0 Å². The Morgan fingerprint density at radius 3 is 2.78 bits per heavy atom. The van der Waals surface area contributed by atoms with Crippen molar-refractivity contribution in [2.24, 2.45) is 0 Å². The number of hydrogen-bond acceptors (Lipinski definition) is 4. The average molecular weight is 311 g/mol. The zero-order chi connectivity index (χ0) is 16.4. The number of nitrogens with one attached hydrogen (secondary N) is 1. The molecule has 3 aromatic rings. The van der Waals surface area contributed by atoms with E-state index in [0.29, 0.717) is 0 Å². The number of methoxy groups -OCH3 is 1. The zero-order valence-electron chi connectivity index (χ0n) is 13.0. The van der Waals surface area contributed by atoms with Crippen LogP contribution in [0.3, 0.4) is 0 Å². The van der Waals surface area contributed by atoms with Crippen molar-refractivity contribution in [2.75, 3.05) is 7.11 Å². The van der Waals surface area contributed by atoms with Gasteiger partial charge in [0, 0.05) is 10.9 Å². The number of carbonyl (C=O) groups is 2. The summed E-state index contributed by atoms with van der Waals surface area (Å²) in [6.07, 6.45) is 1.74. The molecule has 0 radical (unpaired) electrons. The molecule has 0 aliphatic heterocycles. The Morgan fingerprint density at radius 1 is 1.22 bits per heavy atom. The van der Waals surface area contributed by atoms with Gasteiger partial charge in [-0.1, -0.05) is 30.3 Å². The molecule has 0 saturated carbocycles. The fourth-order valence-corrected chi connectivity index (χ4v) is 2.71. The molecule has 1 aromatic heterocycles. The zero-order valence-corrected chi connectivity index (χ0v) is 13.0. The number of fused-ring (bicyclic) bond motifs is 3. The van der Waals surface area contributed by atoms with Crippen LogP contribution in [0.4, 0.5) is 0 Å². The average Bonchev–Trinajstić information content (AvgIpc) is 2.97. The maximum absolute atomic E-state index is 12.2. The molecular weight excluding hydrogens is 294 g/mol. The molecule has 5 heteroatoms. The van der Waals surface area contributed by atoms with Crippen LogP contribution in [0.25, 0.3) is 21.7 Å². The molecule has 23 heavy (non-hydrogen) atoms. The smallest absolute Gasteiger partial charge is 0.328 e. The van der Waals surface area contributed by atoms with Crippen LogP contribution in [-0.4, -0.2) is 25.0 Å². The summed E-state index contributed by atoms with van der Waals surface area (Å²) in [5.41, 5.74) is 1.54. The van der Waals surface area contributed by atoms with Crippen molar-refractivity contribution in [3.8, 4) is 0 Å². The first-order valence-corrected chi connectivity index (χ1v) is 7.35. The van der Waals surface area contributed by atoms with Crippen molar-refractivity contribution in [2.45, 2.75) is 19.4 Å². The van der Waals surface area contributed by atoms with E-state index in [4.69, 9.17) is 4.42 Å². The molecule has 1 amide bonds. The number of benzene rings is 2. The third kappa shape index (κ3) is 2.90. The maximum atomic E-state index is 12.2. The van der Waals surface area contributed by atoms with Crippen molar-refractivity contribution >= 4 is 33.6 Å². The highest BCUT2D eigenvalue weighted by Crippen LogP contribution is 2.30. The summed E-state index contributed by atoms with van der Waals surface area (Å²) in [4.78, 5) is 23.5. The lowest BCUT2D eigenvalue weighted by molar-refractivity contribution is -0.144. The van der Waals surface area contributed by atoms with Crippen molar-refractivity contribution in [3.05, 3.63) is 48.2 Å². The Kier molecular flexibility index (Phi) is 4.02. The van der Waals surface area contributed by atoms with E-state index in [1.165, 1.54) is 7.11 Å². The number of amides is 1. The van der Waals surface area contributed by atoms with E-state index >= 15 is 0 Å². The topological polar surface area (TPSA) is 68.5 Å². The van der Waals surface area contributed by atoms with E-state index in [-0.39, 0.29) is 12.3 Å². The number of carbonyl (C=O) groups excluding carboxylic acids is 2. The van der Waals surface area contributed by atoms with Crippen molar-refractivity contribution in [1.82, 2.24) is 5.32 Å². The second-order valence-electron chi connectivity index (χ2n) is 5.41. The molecule has 0 unspecified atom stereocenters. The molecule has 5 nitrogen and oxygen atoms in total. The van der Waals surface area contributed by atoms with E-state index in [9.17, 15) is 9.59 Å². The summed E-state index contributed by atoms with van der Waals surface area (Å²) in [5.74, 6) is -0.723. The first-order valence-electron chi connectivity index (χ1n) is 7.35. The van der Waals surface area contributed by atoms with Crippen LogP contribution in [0.5, 0.6) is 0 Å². The van der Waals surface area contributed by atoms with Crippen molar-refractivity contribution in [1.29, 1.82) is 0 Å². The lowest BCUT2D eigenvalue weighted by Gasteiger charge is -2.11. The minimum absolute atomic E-state index is 0.141. The van der Waals surface area contributed by atoms with Crippen LogP contribution in [0.2, 0.25) is 0 Å². The minimum Gasteiger partial charge on any atom is -0.467 e. The number of hydrogen-bond donors (Lipinski definition) is 1. The number of ether oxygens (including phenoxy) is 1. The third-order valence-corrected chi connectivity index (χ3v) is 3.82. The molecule has 2 aromatic carbocycles.